The van der Waals surface area contributed by atoms with Crippen molar-refractivity contribution in [3.63, 3.8) is 0 Å². The Labute approximate surface area is 143 Å². The predicted octanol–water partition coefficient (Wildman–Crippen LogP) is 4.38. The minimum absolute atomic E-state index is 0.0562. The highest BCUT2D eigenvalue weighted by Gasteiger charge is 2.14. The maximum absolute atomic E-state index is 13.7. The highest BCUT2D eigenvalue weighted by atomic mass is 32.2. The number of hydrogen-bond acceptors (Lipinski definition) is 4. The quantitative estimate of drug-likeness (QED) is 0.699. The van der Waals surface area contributed by atoms with E-state index in [0.29, 0.717) is 17.0 Å². The van der Waals surface area contributed by atoms with Gasteiger partial charge >= 0.3 is 0 Å². The van der Waals surface area contributed by atoms with Crippen molar-refractivity contribution in [1.82, 2.24) is 5.16 Å². The average molecular weight is 342 g/mol. The molecule has 0 fully saturated rings. The molecule has 0 radical (unpaired) electrons. The van der Waals surface area contributed by atoms with Crippen molar-refractivity contribution in [2.45, 2.75) is 11.3 Å². The zero-order chi connectivity index (χ0) is 16.9. The van der Waals surface area contributed by atoms with E-state index in [0.717, 1.165) is 10.6 Å². The molecule has 0 aliphatic carbocycles. The number of halogens is 1. The smallest absolute Gasteiger partial charge is 0.230 e. The number of para-hydroxylation sites is 1. The van der Waals surface area contributed by atoms with E-state index in [9.17, 15) is 9.18 Å². The number of hydrogen-bond donors (Lipinski definition) is 1. The van der Waals surface area contributed by atoms with Crippen LogP contribution in [0.5, 0.6) is 0 Å². The van der Waals surface area contributed by atoms with E-state index in [1.54, 1.807) is 36.0 Å². The fraction of sp³-hybridized carbons (Fsp3) is 0.111. The van der Waals surface area contributed by atoms with E-state index in [1.165, 1.54) is 6.07 Å². The van der Waals surface area contributed by atoms with Gasteiger partial charge in [-0.05, 0) is 30.5 Å². The van der Waals surface area contributed by atoms with Crippen LogP contribution in [0.1, 0.15) is 5.69 Å². The molecular weight excluding hydrogens is 327 g/mol. The van der Waals surface area contributed by atoms with Gasteiger partial charge in [0.2, 0.25) is 5.91 Å². The summed E-state index contributed by atoms with van der Waals surface area (Å²) in [7, 11) is 0. The fourth-order valence-electron chi connectivity index (χ4n) is 2.29. The molecule has 6 heteroatoms. The molecule has 1 N–H and O–H groups in total. The topological polar surface area (TPSA) is 55.1 Å². The molecule has 3 aromatic rings. The lowest BCUT2D eigenvalue weighted by molar-refractivity contribution is -0.115. The van der Waals surface area contributed by atoms with Crippen molar-refractivity contribution >= 4 is 23.4 Å². The fourth-order valence-corrected chi connectivity index (χ4v) is 2.84. The predicted molar refractivity (Wildman–Crippen MR) is 92.5 cm³/mol. The minimum atomic E-state index is -0.390. The number of carbonyl (C=O) groups is 1. The third-order valence-corrected chi connectivity index (χ3v) is 4.22. The second-order valence-electron chi connectivity index (χ2n) is 5.09. The number of anilines is 1. The summed E-state index contributed by atoms with van der Waals surface area (Å²) in [6.45, 7) is 0. The van der Waals surface area contributed by atoms with Crippen molar-refractivity contribution in [2.75, 3.05) is 11.6 Å². The Bertz CT molecular complexity index is 863. The van der Waals surface area contributed by atoms with E-state index in [2.05, 4.69) is 10.5 Å². The van der Waals surface area contributed by atoms with Crippen LogP contribution in [0.3, 0.4) is 0 Å². The molecule has 3 rings (SSSR count). The average Bonchev–Trinajstić information content (AvgIpc) is 3.04. The number of aromatic nitrogens is 1. The SMILES string of the molecule is CSc1ccccc1NC(=O)Cc1cc(-c2ccccc2F)on1. The second-order valence-corrected chi connectivity index (χ2v) is 5.94. The maximum atomic E-state index is 13.7. The number of amides is 1. The molecule has 122 valence electrons. The third-order valence-electron chi connectivity index (χ3n) is 3.42. The van der Waals surface area contributed by atoms with Crippen molar-refractivity contribution < 1.29 is 13.7 Å². The van der Waals surface area contributed by atoms with Gasteiger partial charge in [-0.2, -0.15) is 0 Å². The van der Waals surface area contributed by atoms with Gasteiger partial charge in [0.1, 0.15) is 5.82 Å². The second kappa shape index (κ2) is 7.31. The van der Waals surface area contributed by atoms with E-state index < -0.39 is 5.82 Å². The zero-order valence-corrected chi connectivity index (χ0v) is 13.8. The van der Waals surface area contributed by atoms with Gasteiger partial charge in [0.25, 0.3) is 0 Å². The Balaban J connectivity index is 1.71. The van der Waals surface area contributed by atoms with Crippen LogP contribution >= 0.6 is 11.8 Å². The Hall–Kier alpha value is -2.60. The summed E-state index contributed by atoms with van der Waals surface area (Å²) in [6.07, 6.45) is 2.00. The van der Waals surface area contributed by atoms with E-state index >= 15 is 0 Å². The van der Waals surface area contributed by atoms with E-state index in [1.807, 2.05) is 30.5 Å². The molecule has 0 saturated carbocycles. The van der Waals surface area contributed by atoms with Crippen LogP contribution in [0.15, 0.2) is 64.0 Å². The van der Waals surface area contributed by atoms with Gasteiger partial charge in [0.15, 0.2) is 5.76 Å². The normalized spacial score (nSPS) is 10.6. The first-order valence-corrected chi connectivity index (χ1v) is 8.53. The first-order chi connectivity index (χ1) is 11.7. The number of thioether (sulfide) groups is 1. The number of benzene rings is 2. The third kappa shape index (κ3) is 3.65. The Kier molecular flexibility index (Phi) is 4.96. The van der Waals surface area contributed by atoms with Gasteiger partial charge < -0.3 is 9.84 Å². The number of rotatable bonds is 5. The molecular formula is C18H15FN2O2S. The number of nitrogens with zero attached hydrogens (tertiary/aromatic N) is 1. The minimum Gasteiger partial charge on any atom is -0.356 e. The molecule has 0 bridgehead atoms. The van der Waals surface area contributed by atoms with Gasteiger partial charge in [-0.25, -0.2) is 4.39 Å². The molecule has 0 atom stereocenters. The molecule has 1 aromatic heterocycles. The standard InChI is InChI=1S/C18H15FN2O2S/c1-24-17-9-5-4-8-15(17)20-18(22)11-12-10-16(23-21-12)13-6-2-3-7-14(13)19/h2-10H,11H2,1H3,(H,20,22). The first-order valence-electron chi connectivity index (χ1n) is 7.30. The van der Waals surface area contributed by atoms with Crippen molar-refractivity contribution in [3.05, 3.63) is 66.1 Å². The summed E-state index contributed by atoms with van der Waals surface area (Å²) < 4.78 is 18.9. The van der Waals surface area contributed by atoms with Gasteiger partial charge in [0.05, 0.1) is 23.4 Å². The molecule has 2 aromatic carbocycles. The molecule has 4 nitrogen and oxygen atoms in total. The lowest BCUT2D eigenvalue weighted by atomic mass is 10.1. The van der Waals surface area contributed by atoms with Crippen LogP contribution < -0.4 is 5.32 Å². The zero-order valence-electron chi connectivity index (χ0n) is 13.0. The lowest BCUT2D eigenvalue weighted by Gasteiger charge is -2.08. The van der Waals surface area contributed by atoms with Crippen molar-refractivity contribution in [1.29, 1.82) is 0 Å². The highest BCUT2D eigenvalue weighted by molar-refractivity contribution is 7.98. The summed E-state index contributed by atoms with van der Waals surface area (Å²) in [5, 5.41) is 6.70. The van der Waals surface area contributed by atoms with Crippen molar-refractivity contribution in [3.8, 4) is 11.3 Å². The maximum Gasteiger partial charge on any atom is 0.230 e. The van der Waals surface area contributed by atoms with Gasteiger partial charge in [-0.15, -0.1) is 11.8 Å². The molecule has 24 heavy (non-hydrogen) atoms. The molecule has 0 aliphatic rings. The molecule has 0 unspecified atom stereocenters. The highest BCUT2D eigenvalue weighted by Crippen LogP contribution is 2.25. The lowest BCUT2D eigenvalue weighted by Crippen LogP contribution is -2.15. The van der Waals surface area contributed by atoms with Crippen LogP contribution in [0.25, 0.3) is 11.3 Å². The summed E-state index contributed by atoms with van der Waals surface area (Å²) in [5.74, 6) is -0.288. The molecule has 1 heterocycles. The van der Waals surface area contributed by atoms with Crippen LogP contribution in [0, 0.1) is 5.82 Å². The first kappa shape index (κ1) is 16.3. The monoisotopic (exact) mass is 342 g/mol. The van der Waals surface area contributed by atoms with Gasteiger partial charge in [-0.3, -0.25) is 4.79 Å². The molecule has 1 amide bonds. The summed E-state index contributed by atoms with van der Waals surface area (Å²) in [6, 6.07) is 15.4. The molecule has 0 spiro atoms. The van der Waals surface area contributed by atoms with E-state index in [4.69, 9.17) is 4.52 Å². The largest absolute Gasteiger partial charge is 0.356 e. The van der Waals surface area contributed by atoms with Gasteiger partial charge in [-0.1, -0.05) is 29.4 Å². The van der Waals surface area contributed by atoms with Gasteiger partial charge in [0, 0.05) is 11.0 Å². The Morgan fingerprint density at radius 1 is 1.21 bits per heavy atom. The van der Waals surface area contributed by atoms with Crippen LogP contribution in [-0.2, 0) is 11.2 Å². The van der Waals surface area contributed by atoms with Crippen LogP contribution in [-0.4, -0.2) is 17.3 Å². The number of carbonyl (C=O) groups excluding carboxylic acids is 1. The summed E-state index contributed by atoms with van der Waals surface area (Å²) in [5.41, 5.74) is 1.53. The summed E-state index contributed by atoms with van der Waals surface area (Å²) in [4.78, 5) is 13.2. The van der Waals surface area contributed by atoms with Crippen molar-refractivity contribution in [2.24, 2.45) is 0 Å². The Morgan fingerprint density at radius 2 is 1.96 bits per heavy atom. The molecule has 0 aliphatic heterocycles. The van der Waals surface area contributed by atoms with E-state index in [-0.39, 0.29) is 12.3 Å². The molecule has 0 saturated heterocycles. The van der Waals surface area contributed by atoms with Crippen LogP contribution in [0.2, 0.25) is 0 Å². The Morgan fingerprint density at radius 3 is 2.75 bits per heavy atom. The number of nitrogens with one attached hydrogen (secondary N) is 1. The van der Waals surface area contributed by atoms with Crippen LogP contribution in [0.4, 0.5) is 10.1 Å². The summed E-state index contributed by atoms with van der Waals surface area (Å²) >= 11 is 1.56.